The Kier molecular flexibility index (Phi) is 5.40. The van der Waals surface area contributed by atoms with Crippen LogP contribution in [-0.2, 0) is 14.6 Å². The van der Waals surface area contributed by atoms with Crippen LogP contribution in [-0.4, -0.2) is 57.4 Å². The zero-order chi connectivity index (χ0) is 17.0. The summed E-state index contributed by atoms with van der Waals surface area (Å²) in [6.45, 7) is 2.29. The average molecular weight is 352 g/mol. The number of benzene rings is 1. The summed E-state index contributed by atoms with van der Waals surface area (Å²) in [5.74, 6) is 0.303. The highest BCUT2D eigenvalue weighted by molar-refractivity contribution is 7.91. The standard InChI is InChI=1S/C17H24N2O4S/c20-17(19(15-6-7-15)12-14-8-10-23-13-14)18-9-11-24(21,22)16-4-2-1-3-5-16/h1-5,14-15H,6-13H2,(H,18,20). The number of ether oxygens (including phenoxy) is 1. The number of hydrogen-bond acceptors (Lipinski definition) is 4. The zero-order valence-corrected chi connectivity index (χ0v) is 14.5. The molecule has 24 heavy (non-hydrogen) atoms. The molecule has 132 valence electrons. The molecule has 0 bridgehead atoms. The third kappa shape index (κ3) is 4.48. The molecule has 1 aliphatic heterocycles. The number of carbonyl (C=O) groups excluding carboxylic acids is 1. The summed E-state index contributed by atoms with van der Waals surface area (Å²) >= 11 is 0. The molecule has 1 atom stereocenters. The van der Waals surface area contributed by atoms with Crippen LogP contribution in [0.15, 0.2) is 35.2 Å². The first-order valence-corrected chi connectivity index (χ1v) is 10.1. The van der Waals surface area contributed by atoms with E-state index in [1.54, 1.807) is 30.3 Å². The Labute approximate surface area is 143 Å². The highest BCUT2D eigenvalue weighted by Gasteiger charge is 2.34. The number of hydrogen-bond donors (Lipinski definition) is 1. The lowest BCUT2D eigenvalue weighted by Gasteiger charge is -2.25. The third-order valence-corrected chi connectivity index (χ3v) is 6.21. The molecule has 7 heteroatoms. The molecular weight excluding hydrogens is 328 g/mol. The van der Waals surface area contributed by atoms with Gasteiger partial charge in [0, 0.05) is 31.7 Å². The van der Waals surface area contributed by atoms with Crippen LogP contribution >= 0.6 is 0 Å². The van der Waals surface area contributed by atoms with Crippen molar-refractivity contribution in [3.63, 3.8) is 0 Å². The highest BCUT2D eigenvalue weighted by atomic mass is 32.2. The van der Waals surface area contributed by atoms with Gasteiger partial charge in [0.1, 0.15) is 0 Å². The topological polar surface area (TPSA) is 75.7 Å². The van der Waals surface area contributed by atoms with Crippen LogP contribution in [0.4, 0.5) is 4.79 Å². The molecule has 1 N–H and O–H groups in total. The summed E-state index contributed by atoms with van der Waals surface area (Å²) in [5, 5.41) is 2.77. The maximum Gasteiger partial charge on any atom is 0.317 e. The van der Waals surface area contributed by atoms with E-state index in [1.807, 2.05) is 4.90 Å². The van der Waals surface area contributed by atoms with Gasteiger partial charge in [0.25, 0.3) is 0 Å². The van der Waals surface area contributed by atoms with Crippen LogP contribution in [0.5, 0.6) is 0 Å². The van der Waals surface area contributed by atoms with Crippen LogP contribution in [0.2, 0.25) is 0 Å². The van der Waals surface area contributed by atoms with Crippen molar-refractivity contribution in [2.24, 2.45) is 5.92 Å². The summed E-state index contributed by atoms with van der Waals surface area (Å²) in [6, 6.07) is 8.47. The Morgan fingerprint density at radius 2 is 1.96 bits per heavy atom. The minimum Gasteiger partial charge on any atom is -0.381 e. The minimum absolute atomic E-state index is 0.0895. The van der Waals surface area contributed by atoms with Crippen molar-refractivity contribution in [3.8, 4) is 0 Å². The Morgan fingerprint density at radius 1 is 1.21 bits per heavy atom. The third-order valence-electron chi connectivity index (χ3n) is 4.48. The molecule has 1 aromatic rings. The minimum atomic E-state index is -3.36. The molecule has 3 rings (SSSR count). The molecule has 2 amide bonds. The summed E-state index contributed by atoms with van der Waals surface area (Å²) in [6.07, 6.45) is 3.05. The SMILES string of the molecule is O=C(NCCS(=O)(=O)c1ccccc1)N(CC1CCOC1)C1CC1. The molecule has 0 radical (unpaired) electrons. The van der Waals surface area contributed by atoms with Gasteiger partial charge in [0.15, 0.2) is 9.84 Å². The molecule has 1 aliphatic carbocycles. The summed E-state index contributed by atoms with van der Waals surface area (Å²) < 4.78 is 29.8. The van der Waals surface area contributed by atoms with Gasteiger partial charge in [0.2, 0.25) is 0 Å². The lowest BCUT2D eigenvalue weighted by Crippen LogP contribution is -2.45. The Morgan fingerprint density at radius 3 is 2.58 bits per heavy atom. The van der Waals surface area contributed by atoms with Crippen molar-refractivity contribution in [1.29, 1.82) is 0 Å². The van der Waals surface area contributed by atoms with Gasteiger partial charge in [0.05, 0.1) is 17.3 Å². The van der Waals surface area contributed by atoms with Gasteiger partial charge in [-0.2, -0.15) is 0 Å². The van der Waals surface area contributed by atoms with Crippen LogP contribution in [0.1, 0.15) is 19.3 Å². The van der Waals surface area contributed by atoms with Crippen molar-refractivity contribution in [2.75, 3.05) is 32.1 Å². The predicted molar refractivity (Wildman–Crippen MR) is 90.5 cm³/mol. The number of urea groups is 1. The van der Waals surface area contributed by atoms with E-state index in [0.29, 0.717) is 30.0 Å². The highest BCUT2D eigenvalue weighted by Crippen LogP contribution is 2.29. The first kappa shape index (κ1) is 17.2. The first-order chi connectivity index (χ1) is 11.6. The fourth-order valence-corrected chi connectivity index (χ4v) is 4.11. The van der Waals surface area contributed by atoms with E-state index in [-0.39, 0.29) is 18.3 Å². The second-order valence-corrected chi connectivity index (χ2v) is 8.59. The molecule has 0 aromatic heterocycles. The summed E-state index contributed by atoms with van der Waals surface area (Å²) in [5.41, 5.74) is 0. The van der Waals surface area contributed by atoms with Crippen LogP contribution in [0.3, 0.4) is 0 Å². The van der Waals surface area contributed by atoms with E-state index in [2.05, 4.69) is 5.32 Å². The number of sulfone groups is 1. The largest absolute Gasteiger partial charge is 0.381 e. The Balaban J connectivity index is 1.50. The number of amides is 2. The van der Waals surface area contributed by atoms with Gasteiger partial charge in [-0.3, -0.25) is 0 Å². The van der Waals surface area contributed by atoms with Crippen molar-refractivity contribution in [1.82, 2.24) is 10.2 Å². The van der Waals surface area contributed by atoms with Crippen molar-refractivity contribution < 1.29 is 17.9 Å². The van der Waals surface area contributed by atoms with Gasteiger partial charge < -0.3 is 15.0 Å². The van der Waals surface area contributed by atoms with Crippen LogP contribution in [0.25, 0.3) is 0 Å². The fraction of sp³-hybridized carbons (Fsp3) is 0.588. The van der Waals surface area contributed by atoms with E-state index in [1.165, 1.54) is 0 Å². The second kappa shape index (κ2) is 7.53. The van der Waals surface area contributed by atoms with Gasteiger partial charge in [-0.05, 0) is 31.4 Å². The van der Waals surface area contributed by atoms with Gasteiger partial charge in [-0.1, -0.05) is 18.2 Å². The molecule has 2 aliphatic rings. The summed E-state index contributed by atoms with van der Waals surface area (Å²) in [4.78, 5) is 14.6. The molecule has 0 spiro atoms. The lowest BCUT2D eigenvalue weighted by atomic mass is 10.1. The van der Waals surface area contributed by atoms with E-state index < -0.39 is 9.84 Å². The lowest BCUT2D eigenvalue weighted by molar-refractivity contribution is 0.162. The van der Waals surface area contributed by atoms with Gasteiger partial charge in [-0.15, -0.1) is 0 Å². The molecule has 1 saturated heterocycles. The molecule has 1 heterocycles. The predicted octanol–water partition coefficient (Wildman–Crippen LogP) is 1.67. The number of nitrogens with zero attached hydrogens (tertiary/aromatic N) is 1. The Hall–Kier alpha value is -1.60. The van der Waals surface area contributed by atoms with E-state index >= 15 is 0 Å². The average Bonchev–Trinajstić information content (AvgIpc) is 3.29. The number of rotatable bonds is 7. The second-order valence-electron chi connectivity index (χ2n) is 6.48. The van der Waals surface area contributed by atoms with Crippen molar-refractivity contribution in [3.05, 3.63) is 30.3 Å². The molecule has 1 aromatic carbocycles. The maximum absolute atomic E-state index is 12.4. The van der Waals surface area contributed by atoms with E-state index in [0.717, 1.165) is 25.9 Å². The first-order valence-electron chi connectivity index (χ1n) is 8.46. The quantitative estimate of drug-likeness (QED) is 0.810. The van der Waals surface area contributed by atoms with Crippen molar-refractivity contribution >= 4 is 15.9 Å². The molecule has 1 saturated carbocycles. The maximum atomic E-state index is 12.4. The van der Waals surface area contributed by atoms with Gasteiger partial charge >= 0.3 is 6.03 Å². The smallest absolute Gasteiger partial charge is 0.317 e. The van der Waals surface area contributed by atoms with E-state index in [4.69, 9.17) is 4.74 Å². The number of nitrogens with one attached hydrogen (secondary N) is 1. The van der Waals surface area contributed by atoms with Crippen LogP contribution in [0, 0.1) is 5.92 Å². The molecule has 6 nitrogen and oxygen atoms in total. The fourth-order valence-electron chi connectivity index (χ4n) is 2.93. The zero-order valence-electron chi connectivity index (χ0n) is 13.7. The monoisotopic (exact) mass is 352 g/mol. The van der Waals surface area contributed by atoms with Crippen LogP contribution < -0.4 is 5.32 Å². The normalized spacial score (nSPS) is 20.8. The number of carbonyl (C=O) groups is 1. The van der Waals surface area contributed by atoms with Crippen molar-refractivity contribution in [2.45, 2.75) is 30.2 Å². The van der Waals surface area contributed by atoms with E-state index in [9.17, 15) is 13.2 Å². The van der Waals surface area contributed by atoms with Gasteiger partial charge in [-0.25, -0.2) is 13.2 Å². The Bertz CT molecular complexity index is 652. The summed E-state index contributed by atoms with van der Waals surface area (Å²) in [7, 11) is -3.36. The molecule has 2 fully saturated rings. The molecule has 1 unspecified atom stereocenters. The molecular formula is C17H24N2O4S.